The van der Waals surface area contributed by atoms with Crippen molar-refractivity contribution in [2.24, 2.45) is 17.6 Å². The Hall–Kier alpha value is -0.890. The van der Waals surface area contributed by atoms with Gasteiger partial charge < -0.3 is 5.73 Å². The number of nitrogens with two attached hydrogens (primary N) is 1. The number of aryl methyl sites for hydroxylation is 1. The van der Waals surface area contributed by atoms with Gasteiger partial charge in [-0.3, -0.25) is 4.98 Å². The molecular weight excluding hydrogens is 220 g/mol. The van der Waals surface area contributed by atoms with Gasteiger partial charge in [0.2, 0.25) is 0 Å². The molecule has 2 aliphatic rings. The third-order valence-corrected chi connectivity index (χ3v) is 4.98. The molecule has 0 saturated heterocycles. The summed E-state index contributed by atoms with van der Waals surface area (Å²) < 4.78 is 0. The summed E-state index contributed by atoms with van der Waals surface area (Å²) in [6, 6.07) is 4.62. The molecule has 98 valence electrons. The number of aromatic nitrogens is 1. The Morgan fingerprint density at radius 2 is 2.22 bits per heavy atom. The van der Waals surface area contributed by atoms with E-state index in [0.29, 0.717) is 12.0 Å². The second-order valence-electron chi connectivity index (χ2n) is 6.30. The minimum absolute atomic E-state index is 0.323. The maximum atomic E-state index is 6.59. The van der Waals surface area contributed by atoms with E-state index in [0.717, 1.165) is 11.8 Å². The smallest absolute Gasteiger partial charge is 0.0481 e. The number of pyridine rings is 1. The van der Waals surface area contributed by atoms with Crippen LogP contribution in [0.15, 0.2) is 18.3 Å². The molecule has 2 aliphatic carbocycles. The largest absolute Gasteiger partial charge is 0.327 e. The molecule has 0 aliphatic heterocycles. The predicted octanol–water partition coefficient (Wildman–Crippen LogP) is 3.27. The zero-order valence-corrected chi connectivity index (χ0v) is 11.3. The van der Waals surface area contributed by atoms with Crippen LogP contribution in [0.5, 0.6) is 0 Å². The average molecular weight is 244 g/mol. The van der Waals surface area contributed by atoms with Gasteiger partial charge in [-0.05, 0) is 55.6 Å². The molecule has 2 heteroatoms. The third-order valence-electron chi connectivity index (χ3n) is 4.98. The Bertz CT molecular complexity index is 415. The molecule has 0 amide bonds. The van der Waals surface area contributed by atoms with Crippen LogP contribution in [0.3, 0.4) is 0 Å². The molecule has 18 heavy (non-hydrogen) atoms. The van der Waals surface area contributed by atoms with Gasteiger partial charge in [0, 0.05) is 23.9 Å². The highest BCUT2D eigenvalue weighted by molar-refractivity contribution is 5.27. The van der Waals surface area contributed by atoms with Crippen molar-refractivity contribution >= 4 is 0 Å². The second-order valence-corrected chi connectivity index (χ2v) is 6.30. The summed E-state index contributed by atoms with van der Waals surface area (Å²) in [6.07, 6.45) is 9.63. The van der Waals surface area contributed by atoms with Crippen molar-refractivity contribution in [3.8, 4) is 0 Å². The van der Waals surface area contributed by atoms with Crippen LogP contribution in [0.25, 0.3) is 0 Å². The first-order valence-electron chi connectivity index (χ1n) is 7.45. The zero-order valence-electron chi connectivity index (χ0n) is 11.3. The van der Waals surface area contributed by atoms with Gasteiger partial charge in [-0.2, -0.15) is 0 Å². The average Bonchev–Trinajstić information content (AvgIpc) is 2.84. The molecule has 0 aromatic carbocycles. The van der Waals surface area contributed by atoms with Gasteiger partial charge in [0.05, 0.1) is 0 Å². The molecule has 4 atom stereocenters. The molecule has 1 saturated carbocycles. The fourth-order valence-electron chi connectivity index (χ4n) is 3.95. The molecule has 4 unspecified atom stereocenters. The van der Waals surface area contributed by atoms with Crippen LogP contribution < -0.4 is 5.73 Å². The Morgan fingerprint density at radius 3 is 3.00 bits per heavy atom. The summed E-state index contributed by atoms with van der Waals surface area (Å²) in [5.41, 5.74) is 9.33. The van der Waals surface area contributed by atoms with Crippen molar-refractivity contribution in [2.75, 3.05) is 0 Å². The van der Waals surface area contributed by atoms with Crippen LogP contribution in [0, 0.1) is 11.8 Å². The van der Waals surface area contributed by atoms with Crippen molar-refractivity contribution in [3.05, 3.63) is 29.6 Å². The second kappa shape index (κ2) is 5.00. The van der Waals surface area contributed by atoms with Gasteiger partial charge in [0.25, 0.3) is 0 Å². The van der Waals surface area contributed by atoms with Crippen LogP contribution in [0.4, 0.5) is 0 Å². The SMILES string of the molecule is CC1CCC(C(N)C2CCCc3cccnc32)C1. The lowest BCUT2D eigenvalue weighted by molar-refractivity contribution is 0.335. The fourth-order valence-corrected chi connectivity index (χ4v) is 3.95. The molecule has 0 spiro atoms. The van der Waals surface area contributed by atoms with Gasteiger partial charge in [-0.15, -0.1) is 0 Å². The number of nitrogens with zero attached hydrogens (tertiary/aromatic N) is 1. The van der Waals surface area contributed by atoms with Gasteiger partial charge in [0.15, 0.2) is 0 Å². The normalized spacial score (nSPS) is 33.1. The molecule has 1 fully saturated rings. The fraction of sp³-hybridized carbons (Fsp3) is 0.688. The van der Waals surface area contributed by atoms with Crippen molar-refractivity contribution in [1.82, 2.24) is 4.98 Å². The summed E-state index contributed by atoms with van der Waals surface area (Å²) in [7, 11) is 0. The molecule has 2 N–H and O–H groups in total. The van der Waals surface area contributed by atoms with Crippen LogP contribution in [0.1, 0.15) is 56.2 Å². The van der Waals surface area contributed by atoms with E-state index in [1.807, 2.05) is 6.20 Å². The lowest BCUT2D eigenvalue weighted by Crippen LogP contribution is -2.37. The number of hydrogen-bond acceptors (Lipinski definition) is 2. The first kappa shape index (κ1) is 12.2. The lowest BCUT2D eigenvalue weighted by atomic mass is 9.77. The van der Waals surface area contributed by atoms with E-state index in [1.54, 1.807) is 0 Å². The zero-order chi connectivity index (χ0) is 12.5. The minimum atomic E-state index is 0.323. The summed E-state index contributed by atoms with van der Waals surface area (Å²) in [6.45, 7) is 2.36. The highest BCUT2D eigenvalue weighted by Gasteiger charge is 2.34. The monoisotopic (exact) mass is 244 g/mol. The van der Waals surface area contributed by atoms with E-state index in [1.165, 1.54) is 49.8 Å². The van der Waals surface area contributed by atoms with Gasteiger partial charge in [0.1, 0.15) is 0 Å². The highest BCUT2D eigenvalue weighted by Crippen LogP contribution is 2.40. The van der Waals surface area contributed by atoms with Crippen molar-refractivity contribution in [3.63, 3.8) is 0 Å². The standard InChI is InChI=1S/C16H24N2/c1-11-7-8-13(10-11)15(17)14-6-2-4-12-5-3-9-18-16(12)14/h3,5,9,11,13-15H,2,4,6-8,10,17H2,1H3. The predicted molar refractivity (Wildman–Crippen MR) is 74.4 cm³/mol. The first-order chi connectivity index (χ1) is 8.75. The van der Waals surface area contributed by atoms with E-state index >= 15 is 0 Å². The van der Waals surface area contributed by atoms with Crippen molar-refractivity contribution in [1.29, 1.82) is 0 Å². The summed E-state index contributed by atoms with van der Waals surface area (Å²) in [5, 5.41) is 0. The minimum Gasteiger partial charge on any atom is -0.327 e. The maximum absolute atomic E-state index is 6.59. The first-order valence-corrected chi connectivity index (χ1v) is 7.45. The van der Waals surface area contributed by atoms with E-state index in [2.05, 4.69) is 24.0 Å². The Balaban J connectivity index is 1.81. The molecule has 2 nitrogen and oxygen atoms in total. The van der Waals surface area contributed by atoms with Crippen molar-refractivity contribution < 1.29 is 0 Å². The third kappa shape index (κ3) is 2.18. The Kier molecular flexibility index (Phi) is 3.38. The highest BCUT2D eigenvalue weighted by atomic mass is 14.8. The van der Waals surface area contributed by atoms with Gasteiger partial charge in [-0.25, -0.2) is 0 Å². The quantitative estimate of drug-likeness (QED) is 0.867. The molecule has 0 bridgehead atoms. The topological polar surface area (TPSA) is 38.9 Å². The lowest BCUT2D eigenvalue weighted by Gasteiger charge is -2.32. The van der Waals surface area contributed by atoms with E-state index < -0.39 is 0 Å². The van der Waals surface area contributed by atoms with Crippen molar-refractivity contribution in [2.45, 2.75) is 57.4 Å². The van der Waals surface area contributed by atoms with Crippen LogP contribution >= 0.6 is 0 Å². The summed E-state index contributed by atoms with van der Waals surface area (Å²) >= 11 is 0. The molecular formula is C16H24N2. The van der Waals surface area contributed by atoms with Gasteiger partial charge in [-0.1, -0.05) is 19.4 Å². The van der Waals surface area contributed by atoms with E-state index in [9.17, 15) is 0 Å². The Labute approximate surface area is 110 Å². The molecule has 0 radical (unpaired) electrons. The number of fused-ring (bicyclic) bond motifs is 1. The number of rotatable bonds is 2. The molecule has 1 aromatic heterocycles. The molecule has 1 heterocycles. The number of hydrogen-bond donors (Lipinski definition) is 1. The Morgan fingerprint density at radius 1 is 1.33 bits per heavy atom. The van der Waals surface area contributed by atoms with Crippen LogP contribution in [0.2, 0.25) is 0 Å². The summed E-state index contributed by atoms with van der Waals surface area (Å²) in [5.74, 6) is 2.09. The maximum Gasteiger partial charge on any atom is 0.0481 e. The molecule has 3 rings (SSSR count). The van der Waals surface area contributed by atoms with E-state index in [-0.39, 0.29) is 0 Å². The van der Waals surface area contributed by atoms with Crippen LogP contribution in [-0.4, -0.2) is 11.0 Å². The molecule has 1 aromatic rings. The van der Waals surface area contributed by atoms with E-state index in [4.69, 9.17) is 5.73 Å². The van der Waals surface area contributed by atoms with Crippen LogP contribution in [-0.2, 0) is 6.42 Å². The van der Waals surface area contributed by atoms with Gasteiger partial charge >= 0.3 is 0 Å². The summed E-state index contributed by atoms with van der Waals surface area (Å²) in [4.78, 5) is 4.63.